The van der Waals surface area contributed by atoms with Crippen LogP contribution in [0.2, 0.25) is 0 Å². The van der Waals surface area contributed by atoms with Crippen molar-refractivity contribution >= 4 is 5.97 Å². The van der Waals surface area contributed by atoms with E-state index in [2.05, 4.69) is 0 Å². The van der Waals surface area contributed by atoms with Crippen LogP contribution in [-0.4, -0.2) is 21.7 Å². The van der Waals surface area contributed by atoms with Gasteiger partial charge in [-0.15, -0.1) is 0 Å². The maximum atomic E-state index is 10.4. The summed E-state index contributed by atoms with van der Waals surface area (Å²) < 4.78 is 0. The Hall–Kier alpha value is -1.55. The van der Waals surface area contributed by atoms with Crippen LogP contribution >= 0.6 is 0 Å². The molecule has 12 heavy (non-hydrogen) atoms. The Kier molecular flexibility index (Phi) is 3.25. The number of carboxylic acids is 1. The Morgan fingerprint density at radius 3 is 2.42 bits per heavy atom. The SMILES string of the molecule is Cc1ccc(C(=O)O)c(O)c1.O. The number of phenols is 1. The second-order valence-corrected chi connectivity index (χ2v) is 2.33. The van der Waals surface area contributed by atoms with Gasteiger partial charge >= 0.3 is 5.97 Å². The van der Waals surface area contributed by atoms with Gasteiger partial charge in [-0.25, -0.2) is 4.79 Å². The molecule has 4 heteroatoms. The van der Waals surface area contributed by atoms with E-state index in [1.807, 2.05) is 0 Å². The van der Waals surface area contributed by atoms with E-state index < -0.39 is 5.97 Å². The number of aryl methyl sites for hydroxylation is 1. The summed E-state index contributed by atoms with van der Waals surface area (Å²) in [5, 5.41) is 17.6. The van der Waals surface area contributed by atoms with Gasteiger partial charge in [-0.1, -0.05) is 6.07 Å². The van der Waals surface area contributed by atoms with E-state index in [9.17, 15) is 4.79 Å². The number of carbonyl (C=O) groups is 1. The average molecular weight is 170 g/mol. The number of aromatic hydroxyl groups is 1. The number of aromatic carboxylic acids is 1. The first kappa shape index (κ1) is 10.4. The van der Waals surface area contributed by atoms with Gasteiger partial charge < -0.3 is 15.7 Å². The summed E-state index contributed by atoms with van der Waals surface area (Å²) in [6, 6.07) is 4.44. The van der Waals surface area contributed by atoms with Gasteiger partial charge in [0, 0.05) is 0 Å². The van der Waals surface area contributed by atoms with Gasteiger partial charge in [0.2, 0.25) is 0 Å². The molecule has 0 aliphatic carbocycles. The van der Waals surface area contributed by atoms with Crippen molar-refractivity contribution in [3.8, 4) is 5.75 Å². The summed E-state index contributed by atoms with van der Waals surface area (Å²) in [5.41, 5.74) is 0.781. The van der Waals surface area contributed by atoms with Crippen molar-refractivity contribution in [2.45, 2.75) is 6.92 Å². The quantitative estimate of drug-likeness (QED) is 0.645. The summed E-state index contributed by atoms with van der Waals surface area (Å²) in [5.74, 6) is -1.29. The van der Waals surface area contributed by atoms with E-state index in [0.29, 0.717) is 0 Å². The van der Waals surface area contributed by atoms with E-state index in [4.69, 9.17) is 10.2 Å². The molecule has 0 aliphatic heterocycles. The summed E-state index contributed by atoms with van der Waals surface area (Å²) in [7, 11) is 0. The first-order valence-electron chi connectivity index (χ1n) is 3.14. The lowest BCUT2D eigenvalue weighted by atomic mass is 10.1. The molecule has 0 fully saturated rings. The van der Waals surface area contributed by atoms with Gasteiger partial charge in [0.05, 0.1) is 0 Å². The van der Waals surface area contributed by atoms with Gasteiger partial charge in [0.1, 0.15) is 11.3 Å². The summed E-state index contributed by atoms with van der Waals surface area (Å²) in [6.07, 6.45) is 0. The van der Waals surface area contributed by atoms with Crippen molar-refractivity contribution in [2.75, 3.05) is 0 Å². The minimum absolute atomic E-state index is 0. The standard InChI is InChI=1S/C8H8O3.H2O/c1-5-2-3-6(8(10)11)7(9)4-5;/h2-4,9H,1H3,(H,10,11);1H2. The van der Waals surface area contributed by atoms with Gasteiger partial charge in [0.15, 0.2) is 0 Å². The molecule has 0 atom stereocenters. The van der Waals surface area contributed by atoms with E-state index in [-0.39, 0.29) is 16.8 Å². The Bertz CT molecular complexity index is 293. The largest absolute Gasteiger partial charge is 0.507 e. The molecule has 0 amide bonds. The normalized spacial score (nSPS) is 8.75. The van der Waals surface area contributed by atoms with Crippen LogP contribution in [0.4, 0.5) is 0 Å². The van der Waals surface area contributed by atoms with Crippen LogP contribution in [0.25, 0.3) is 0 Å². The molecular formula is C8H10O4. The molecule has 0 aromatic heterocycles. The van der Waals surface area contributed by atoms with Crippen LogP contribution in [0.5, 0.6) is 5.75 Å². The molecule has 0 heterocycles. The zero-order chi connectivity index (χ0) is 8.43. The maximum absolute atomic E-state index is 10.4. The Balaban J connectivity index is 0.00000121. The fraction of sp³-hybridized carbons (Fsp3) is 0.125. The topological polar surface area (TPSA) is 89.0 Å². The number of benzene rings is 1. The highest BCUT2D eigenvalue weighted by Crippen LogP contribution is 2.17. The summed E-state index contributed by atoms with van der Waals surface area (Å²) in [6.45, 7) is 1.78. The van der Waals surface area contributed by atoms with Crippen molar-refractivity contribution in [2.24, 2.45) is 0 Å². The van der Waals surface area contributed by atoms with E-state index >= 15 is 0 Å². The highest BCUT2D eigenvalue weighted by molar-refractivity contribution is 5.90. The van der Waals surface area contributed by atoms with Crippen LogP contribution in [-0.2, 0) is 0 Å². The van der Waals surface area contributed by atoms with Crippen molar-refractivity contribution in [3.05, 3.63) is 29.3 Å². The van der Waals surface area contributed by atoms with Crippen LogP contribution in [0.1, 0.15) is 15.9 Å². The molecule has 0 spiro atoms. The highest BCUT2D eigenvalue weighted by Gasteiger charge is 2.07. The first-order valence-corrected chi connectivity index (χ1v) is 3.14. The fourth-order valence-electron chi connectivity index (χ4n) is 0.823. The third-order valence-corrected chi connectivity index (χ3v) is 1.38. The molecule has 0 bridgehead atoms. The first-order chi connectivity index (χ1) is 5.11. The third-order valence-electron chi connectivity index (χ3n) is 1.38. The number of carboxylic acid groups (broad SMARTS) is 1. The Morgan fingerprint density at radius 1 is 1.42 bits per heavy atom. The van der Waals surface area contributed by atoms with Gasteiger partial charge in [0.25, 0.3) is 0 Å². The lowest BCUT2D eigenvalue weighted by Gasteiger charge is -1.98. The molecule has 4 N–H and O–H groups in total. The molecule has 1 aromatic carbocycles. The molecule has 0 unspecified atom stereocenters. The summed E-state index contributed by atoms with van der Waals surface area (Å²) in [4.78, 5) is 10.4. The van der Waals surface area contributed by atoms with Gasteiger partial charge in [-0.3, -0.25) is 0 Å². The van der Waals surface area contributed by atoms with E-state index in [1.54, 1.807) is 13.0 Å². The lowest BCUT2D eigenvalue weighted by Crippen LogP contribution is -1.96. The minimum atomic E-state index is -1.11. The maximum Gasteiger partial charge on any atom is 0.339 e. The molecule has 0 radical (unpaired) electrons. The van der Waals surface area contributed by atoms with E-state index in [1.165, 1.54) is 12.1 Å². The van der Waals surface area contributed by atoms with Crippen molar-refractivity contribution in [1.82, 2.24) is 0 Å². The zero-order valence-corrected chi connectivity index (χ0v) is 6.53. The predicted octanol–water partition coefficient (Wildman–Crippen LogP) is 0.574. The van der Waals surface area contributed by atoms with Gasteiger partial charge in [-0.05, 0) is 24.6 Å². The van der Waals surface area contributed by atoms with Crippen LogP contribution < -0.4 is 0 Å². The average Bonchev–Trinajstić information content (AvgIpc) is 1.85. The smallest absolute Gasteiger partial charge is 0.339 e. The fourth-order valence-corrected chi connectivity index (χ4v) is 0.823. The van der Waals surface area contributed by atoms with Crippen LogP contribution in [0.15, 0.2) is 18.2 Å². The second kappa shape index (κ2) is 3.73. The third kappa shape index (κ3) is 1.96. The number of hydrogen-bond donors (Lipinski definition) is 2. The molecule has 66 valence electrons. The minimum Gasteiger partial charge on any atom is -0.507 e. The molecule has 0 saturated heterocycles. The molecule has 0 aliphatic rings. The van der Waals surface area contributed by atoms with Crippen molar-refractivity contribution < 1.29 is 20.5 Å². The molecule has 0 saturated carbocycles. The number of hydrogen-bond acceptors (Lipinski definition) is 2. The van der Waals surface area contributed by atoms with Crippen LogP contribution in [0.3, 0.4) is 0 Å². The van der Waals surface area contributed by atoms with E-state index in [0.717, 1.165) is 5.56 Å². The predicted molar refractivity (Wildman–Crippen MR) is 43.4 cm³/mol. The van der Waals surface area contributed by atoms with Crippen molar-refractivity contribution in [3.63, 3.8) is 0 Å². The zero-order valence-electron chi connectivity index (χ0n) is 6.53. The molecule has 1 rings (SSSR count). The monoisotopic (exact) mass is 170 g/mol. The highest BCUT2D eigenvalue weighted by atomic mass is 16.4. The van der Waals surface area contributed by atoms with Crippen molar-refractivity contribution in [1.29, 1.82) is 0 Å². The Labute approximate surface area is 69.4 Å². The van der Waals surface area contributed by atoms with Crippen LogP contribution in [0, 0.1) is 6.92 Å². The Morgan fingerprint density at radius 2 is 2.00 bits per heavy atom. The molecular weight excluding hydrogens is 160 g/mol. The lowest BCUT2D eigenvalue weighted by molar-refractivity contribution is 0.0694. The molecule has 4 nitrogen and oxygen atoms in total. The second-order valence-electron chi connectivity index (χ2n) is 2.33. The number of rotatable bonds is 1. The summed E-state index contributed by atoms with van der Waals surface area (Å²) >= 11 is 0. The molecule has 1 aromatic rings. The van der Waals surface area contributed by atoms with Gasteiger partial charge in [-0.2, -0.15) is 0 Å².